The van der Waals surface area contributed by atoms with Crippen LogP contribution in [0.4, 0.5) is 0 Å². The number of benzene rings is 1. The number of hydrogen-bond acceptors (Lipinski definition) is 6. The summed E-state index contributed by atoms with van der Waals surface area (Å²) < 4.78 is 3.91. The van der Waals surface area contributed by atoms with Gasteiger partial charge in [0.15, 0.2) is 16.6 Å². The molecule has 0 saturated carbocycles. The Bertz CT molecular complexity index is 1160. The normalized spacial score (nSPS) is 11.1. The number of aromatic nitrogens is 6. The number of carbonyl (C=O) groups is 1. The summed E-state index contributed by atoms with van der Waals surface area (Å²) in [7, 11) is 0. The number of thioether (sulfide) groups is 1. The minimum atomic E-state index is -0.0625. The van der Waals surface area contributed by atoms with Crippen LogP contribution < -0.4 is 5.32 Å². The molecule has 3 heterocycles. The quantitative estimate of drug-likeness (QED) is 0.422. The summed E-state index contributed by atoms with van der Waals surface area (Å²) in [6.45, 7) is 3.22. The van der Waals surface area contributed by atoms with Gasteiger partial charge in [0, 0.05) is 36.3 Å². The van der Waals surface area contributed by atoms with E-state index >= 15 is 0 Å². The van der Waals surface area contributed by atoms with E-state index in [9.17, 15) is 4.79 Å². The molecule has 1 N–H and O–H groups in total. The summed E-state index contributed by atoms with van der Waals surface area (Å²) in [5, 5.41) is 21.1. The highest BCUT2D eigenvalue weighted by molar-refractivity contribution is 7.99. The lowest BCUT2D eigenvalue weighted by molar-refractivity contribution is -0.118. The van der Waals surface area contributed by atoms with Crippen molar-refractivity contribution in [3.63, 3.8) is 0 Å². The average Bonchev–Trinajstić information content (AvgIpc) is 3.37. The zero-order chi connectivity index (χ0) is 20.9. The molecule has 30 heavy (non-hydrogen) atoms. The first kappa shape index (κ1) is 20.4. The van der Waals surface area contributed by atoms with Gasteiger partial charge in [-0.2, -0.15) is 0 Å². The van der Waals surface area contributed by atoms with Crippen molar-refractivity contribution in [1.82, 2.24) is 34.7 Å². The summed E-state index contributed by atoms with van der Waals surface area (Å²) in [4.78, 5) is 12.3. The molecule has 154 valence electrons. The maximum absolute atomic E-state index is 12.3. The summed E-state index contributed by atoms with van der Waals surface area (Å²) in [6.07, 6.45) is 2.52. The van der Waals surface area contributed by atoms with Crippen LogP contribution in [0.25, 0.3) is 17.0 Å². The molecule has 0 unspecified atom stereocenters. The van der Waals surface area contributed by atoms with Crippen LogP contribution in [0.3, 0.4) is 0 Å². The molecule has 4 aromatic rings. The van der Waals surface area contributed by atoms with Crippen LogP contribution in [0, 0.1) is 0 Å². The molecular weight excluding hydrogens is 422 g/mol. The molecule has 10 heteroatoms. The van der Waals surface area contributed by atoms with Crippen molar-refractivity contribution in [3.8, 4) is 11.4 Å². The highest BCUT2D eigenvalue weighted by atomic mass is 35.5. The van der Waals surface area contributed by atoms with Gasteiger partial charge in [-0.1, -0.05) is 29.4 Å². The van der Waals surface area contributed by atoms with E-state index in [0.717, 1.165) is 22.9 Å². The first-order chi connectivity index (χ1) is 14.7. The molecule has 1 aromatic carbocycles. The molecule has 0 spiro atoms. The van der Waals surface area contributed by atoms with E-state index < -0.39 is 0 Å². The third-order valence-corrected chi connectivity index (χ3v) is 5.74. The Kier molecular flexibility index (Phi) is 6.29. The zero-order valence-corrected chi connectivity index (χ0v) is 17.9. The van der Waals surface area contributed by atoms with Crippen molar-refractivity contribution in [1.29, 1.82) is 0 Å². The van der Waals surface area contributed by atoms with Crippen LogP contribution >= 0.6 is 23.4 Å². The van der Waals surface area contributed by atoms with E-state index in [1.807, 2.05) is 64.6 Å². The van der Waals surface area contributed by atoms with Gasteiger partial charge in [-0.3, -0.25) is 9.20 Å². The van der Waals surface area contributed by atoms with E-state index in [4.69, 9.17) is 11.6 Å². The van der Waals surface area contributed by atoms with Gasteiger partial charge in [-0.25, -0.2) is 0 Å². The highest BCUT2D eigenvalue weighted by Gasteiger charge is 2.14. The summed E-state index contributed by atoms with van der Waals surface area (Å²) >= 11 is 7.33. The van der Waals surface area contributed by atoms with Crippen LogP contribution in [-0.2, 0) is 17.8 Å². The number of rotatable bonds is 8. The second-order valence-electron chi connectivity index (χ2n) is 6.49. The Hall–Kier alpha value is -2.91. The number of nitrogens with one attached hydrogen (secondary N) is 1. The number of carbonyl (C=O) groups excluding carboxylic acids is 1. The predicted octanol–water partition coefficient (Wildman–Crippen LogP) is 3.11. The third kappa shape index (κ3) is 4.47. The largest absolute Gasteiger partial charge is 0.355 e. The molecule has 0 bridgehead atoms. The van der Waals surface area contributed by atoms with Gasteiger partial charge in [-0.15, -0.1) is 20.4 Å². The number of amides is 1. The Morgan fingerprint density at radius 1 is 1.10 bits per heavy atom. The number of fused-ring (bicyclic) bond motifs is 1. The molecule has 0 aliphatic rings. The lowest BCUT2D eigenvalue weighted by Gasteiger charge is -2.08. The van der Waals surface area contributed by atoms with Gasteiger partial charge >= 0.3 is 0 Å². The lowest BCUT2D eigenvalue weighted by Crippen LogP contribution is -2.27. The first-order valence-electron chi connectivity index (χ1n) is 9.53. The maximum atomic E-state index is 12.3. The van der Waals surface area contributed by atoms with Crippen LogP contribution in [0.2, 0.25) is 5.02 Å². The number of nitrogens with zero attached hydrogens (tertiary/aromatic N) is 6. The number of pyridine rings is 1. The van der Waals surface area contributed by atoms with E-state index in [1.165, 1.54) is 11.8 Å². The minimum Gasteiger partial charge on any atom is -0.355 e. The van der Waals surface area contributed by atoms with Crippen LogP contribution in [0.5, 0.6) is 0 Å². The average molecular weight is 442 g/mol. The van der Waals surface area contributed by atoms with Crippen LogP contribution in [0.1, 0.15) is 12.7 Å². The van der Waals surface area contributed by atoms with Crippen molar-refractivity contribution in [2.45, 2.75) is 25.0 Å². The molecule has 4 rings (SSSR count). The van der Waals surface area contributed by atoms with Crippen molar-refractivity contribution in [2.75, 3.05) is 12.3 Å². The van der Waals surface area contributed by atoms with Crippen molar-refractivity contribution >= 4 is 34.9 Å². The fourth-order valence-electron chi connectivity index (χ4n) is 3.05. The molecule has 0 aliphatic heterocycles. The fraction of sp³-hybridized carbons (Fsp3) is 0.250. The Labute approximate surface area is 182 Å². The van der Waals surface area contributed by atoms with E-state index in [2.05, 4.69) is 25.7 Å². The van der Waals surface area contributed by atoms with E-state index in [0.29, 0.717) is 29.7 Å². The number of halogens is 1. The van der Waals surface area contributed by atoms with Gasteiger partial charge in [0.25, 0.3) is 0 Å². The van der Waals surface area contributed by atoms with Crippen molar-refractivity contribution in [3.05, 3.63) is 59.5 Å². The van der Waals surface area contributed by atoms with Crippen LogP contribution in [-0.4, -0.2) is 47.6 Å². The Morgan fingerprint density at radius 3 is 2.73 bits per heavy atom. The van der Waals surface area contributed by atoms with E-state index in [-0.39, 0.29) is 11.7 Å². The molecule has 0 fully saturated rings. The fourth-order valence-corrected chi connectivity index (χ4v) is 4.01. The van der Waals surface area contributed by atoms with Gasteiger partial charge in [0.1, 0.15) is 5.82 Å². The lowest BCUT2D eigenvalue weighted by atomic mass is 10.2. The third-order valence-electron chi connectivity index (χ3n) is 4.52. The van der Waals surface area contributed by atoms with Gasteiger partial charge in [-0.05, 0) is 43.3 Å². The molecule has 0 atom stereocenters. The van der Waals surface area contributed by atoms with Gasteiger partial charge in [0.05, 0.1) is 5.75 Å². The molecule has 0 saturated heterocycles. The molecule has 8 nitrogen and oxygen atoms in total. The summed E-state index contributed by atoms with van der Waals surface area (Å²) in [5.41, 5.74) is 1.73. The second-order valence-corrected chi connectivity index (χ2v) is 7.87. The predicted molar refractivity (Wildman–Crippen MR) is 117 cm³/mol. The van der Waals surface area contributed by atoms with Gasteiger partial charge in [0.2, 0.25) is 5.91 Å². The SMILES string of the molecule is CCn1c(SCC(=O)NCCc2nnc3ccccn23)nnc1-c1ccc(Cl)cc1. The molecule has 0 aliphatic carbocycles. The summed E-state index contributed by atoms with van der Waals surface area (Å²) in [6, 6.07) is 13.2. The molecular formula is C20H20ClN7OS. The monoisotopic (exact) mass is 441 g/mol. The smallest absolute Gasteiger partial charge is 0.230 e. The number of hydrogen-bond donors (Lipinski definition) is 1. The standard InChI is InChI=1S/C20H20ClN7OS/c1-2-27-19(14-6-8-15(21)9-7-14)25-26-20(27)30-13-18(29)22-11-10-17-24-23-16-5-3-4-12-28(16)17/h3-9,12H,2,10-11,13H2,1H3,(H,22,29). The van der Waals surface area contributed by atoms with Crippen LogP contribution in [0.15, 0.2) is 53.8 Å². The minimum absolute atomic E-state index is 0.0625. The molecule has 0 radical (unpaired) electrons. The Balaban J connectivity index is 1.32. The van der Waals surface area contributed by atoms with E-state index in [1.54, 1.807) is 0 Å². The van der Waals surface area contributed by atoms with Gasteiger partial charge < -0.3 is 9.88 Å². The molecule has 3 aromatic heterocycles. The zero-order valence-electron chi connectivity index (χ0n) is 16.3. The maximum Gasteiger partial charge on any atom is 0.230 e. The van der Waals surface area contributed by atoms with Crippen molar-refractivity contribution in [2.24, 2.45) is 0 Å². The Morgan fingerprint density at radius 2 is 1.93 bits per heavy atom. The first-order valence-corrected chi connectivity index (χ1v) is 10.9. The second kappa shape index (κ2) is 9.27. The topological polar surface area (TPSA) is 90.0 Å². The summed E-state index contributed by atoms with van der Waals surface area (Å²) in [5.74, 6) is 1.78. The van der Waals surface area contributed by atoms with Crippen molar-refractivity contribution < 1.29 is 4.79 Å². The molecule has 1 amide bonds. The highest BCUT2D eigenvalue weighted by Crippen LogP contribution is 2.25.